The SMILES string of the molecule is CC(C)Cn1nc(-c2ccccc2)c(-c2ccccc2)c1CC(=O)[O-].[Na+]. The molecule has 0 aliphatic rings. The van der Waals surface area contributed by atoms with E-state index in [1.807, 2.05) is 65.3 Å². The molecule has 0 radical (unpaired) electrons. The van der Waals surface area contributed by atoms with E-state index >= 15 is 0 Å². The van der Waals surface area contributed by atoms with Crippen molar-refractivity contribution in [3.63, 3.8) is 0 Å². The molecule has 3 rings (SSSR count). The molecule has 4 nitrogen and oxygen atoms in total. The molecule has 26 heavy (non-hydrogen) atoms. The number of rotatable bonds is 6. The predicted octanol–water partition coefficient (Wildman–Crippen LogP) is 0.169. The van der Waals surface area contributed by atoms with E-state index in [9.17, 15) is 9.90 Å². The fourth-order valence-electron chi connectivity index (χ4n) is 3.02. The van der Waals surface area contributed by atoms with Crippen LogP contribution in [-0.4, -0.2) is 15.7 Å². The van der Waals surface area contributed by atoms with Gasteiger partial charge in [0.25, 0.3) is 0 Å². The van der Waals surface area contributed by atoms with Crippen LogP contribution in [0.25, 0.3) is 22.4 Å². The molecule has 0 N–H and O–H groups in total. The van der Waals surface area contributed by atoms with Gasteiger partial charge in [-0.25, -0.2) is 0 Å². The molecule has 0 saturated carbocycles. The van der Waals surface area contributed by atoms with Gasteiger partial charge in [-0.05, 0) is 11.5 Å². The van der Waals surface area contributed by atoms with Crippen LogP contribution in [0.5, 0.6) is 0 Å². The first-order valence-corrected chi connectivity index (χ1v) is 8.46. The second-order valence-corrected chi connectivity index (χ2v) is 6.53. The Morgan fingerprint density at radius 1 is 1.00 bits per heavy atom. The molecule has 0 unspecified atom stereocenters. The third kappa shape index (κ3) is 4.64. The third-order valence-electron chi connectivity index (χ3n) is 4.02. The minimum Gasteiger partial charge on any atom is -0.550 e. The van der Waals surface area contributed by atoms with Gasteiger partial charge in [-0.1, -0.05) is 74.5 Å². The Bertz CT molecular complexity index is 858. The molecule has 5 heteroatoms. The van der Waals surface area contributed by atoms with Crippen molar-refractivity contribution >= 4 is 5.97 Å². The summed E-state index contributed by atoms with van der Waals surface area (Å²) in [6.07, 6.45) is -0.156. The maximum Gasteiger partial charge on any atom is 1.00 e. The average Bonchev–Trinajstić information content (AvgIpc) is 2.93. The van der Waals surface area contributed by atoms with E-state index in [1.54, 1.807) is 0 Å². The molecule has 0 aliphatic heterocycles. The van der Waals surface area contributed by atoms with Gasteiger partial charge in [0, 0.05) is 30.1 Å². The summed E-state index contributed by atoms with van der Waals surface area (Å²) >= 11 is 0. The van der Waals surface area contributed by atoms with E-state index in [-0.39, 0.29) is 36.0 Å². The molecule has 0 saturated heterocycles. The number of nitrogens with zero attached hydrogens (tertiary/aromatic N) is 2. The zero-order valence-corrected chi connectivity index (χ0v) is 17.5. The molecule has 3 aromatic rings. The van der Waals surface area contributed by atoms with Crippen LogP contribution < -0.4 is 34.7 Å². The Morgan fingerprint density at radius 3 is 2.04 bits per heavy atom. The number of hydrogen-bond acceptors (Lipinski definition) is 3. The Morgan fingerprint density at radius 2 is 1.54 bits per heavy atom. The van der Waals surface area contributed by atoms with E-state index in [1.165, 1.54) is 0 Å². The molecule has 0 amide bonds. The van der Waals surface area contributed by atoms with Gasteiger partial charge in [0.15, 0.2) is 0 Å². The van der Waals surface area contributed by atoms with Gasteiger partial charge in [-0.15, -0.1) is 0 Å². The summed E-state index contributed by atoms with van der Waals surface area (Å²) in [5, 5.41) is 16.2. The normalized spacial score (nSPS) is 10.6. The zero-order valence-electron chi connectivity index (χ0n) is 15.5. The third-order valence-corrected chi connectivity index (χ3v) is 4.02. The maximum absolute atomic E-state index is 11.4. The molecule has 1 heterocycles. The summed E-state index contributed by atoms with van der Waals surface area (Å²) in [6.45, 7) is 4.85. The van der Waals surface area contributed by atoms with Crippen LogP contribution in [0.1, 0.15) is 19.5 Å². The fraction of sp³-hybridized carbons (Fsp3) is 0.238. The van der Waals surface area contributed by atoms with Crippen molar-refractivity contribution in [3.05, 3.63) is 66.4 Å². The molecule has 1 aromatic heterocycles. The number of carboxylic acids is 1. The van der Waals surface area contributed by atoms with Crippen molar-refractivity contribution < 1.29 is 39.5 Å². The molecule has 0 bridgehead atoms. The van der Waals surface area contributed by atoms with Crippen LogP contribution in [0.15, 0.2) is 60.7 Å². The van der Waals surface area contributed by atoms with Crippen molar-refractivity contribution in [1.29, 1.82) is 0 Å². The zero-order chi connectivity index (χ0) is 17.8. The maximum atomic E-state index is 11.4. The standard InChI is InChI=1S/C21H22N2O2.Na/c1-15(2)14-23-18(13-19(24)25)20(16-9-5-3-6-10-16)21(22-23)17-11-7-4-8-12-17;/h3-12,15H,13-14H2,1-2H3,(H,24,25);/q;+1/p-1. The molecule has 128 valence electrons. The summed E-state index contributed by atoms with van der Waals surface area (Å²) in [5.74, 6) is -0.741. The van der Waals surface area contributed by atoms with Gasteiger partial charge in [-0.3, -0.25) is 4.68 Å². The summed E-state index contributed by atoms with van der Waals surface area (Å²) in [5.41, 5.74) is 4.31. The van der Waals surface area contributed by atoms with Crippen LogP contribution in [0.3, 0.4) is 0 Å². The van der Waals surface area contributed by atoms with Crippen LogP contribution >= 0.6 is 0 Å². The fourth-order valence-corrected chi connectivity index (χ4v) is 3.02. The molecule has 2 aromatic carbocycles. The minimum atomic E-state index is -1.10. The van der Waals surface area contributed by atoms with Crippen LogP contribution in [0.4, 0.5) is 0 Å². The van der Waals surface area contributed by atoms with E-state index in [0.717, 1.165) is 22.4 Å². The number of carbonyl (C=O) groups excluding carboxylic acids is 1. The molecule has 0 aliphatic carbocycles. The van der Waals surface area contributed by atoms with E-state index in [2.05, 4.69) is 13.8 Å². The number of benzene rings is 2. The Hall–Kier alpha value is -1.88. The number of carbonyl (C=O) groups is 1. The Labute approximate surface area is 176 Å². The number of hydrogen-bond donors (Lipinski definition) is 0. The first-order valence-electron chi connectivity index (χ1n) is 8.46. The van der Waals surface area contributed by atoms with Crippen LogP contribution in [0, 0.1) is 5.92 Å². The Kier molecular flexibility index (Phi) is 7.21. The molecule has 0 atom stereocenters. The summed E-state index contributed by atoms with van der Waals surface area (Å²) in [4.78, 5) is 11.4. The minimum absolute atomic E-state index is 0. The predicted molar refractivity (Wildman–Crippen MR) is 96.6 cm³/mol. The van der Waals surface area contributed by atoms with Gasteiger partial charge in [0.2, 0.25) is 0 Å². The van der Waals surface area contributed by atoms with Gasteiger partial charge in [0.05, 0.1) is 5.69 Å². The van der Waals surface area contributed by atoms with Crippen molar-refractivity contribution in [2.45, 2.75) is 26.8 Å². The van der Waals surface area contributed by atoms with Gasteiger partial charge in [-0.2, -0.15) is 5.10 Å². The van der Waals surface area contributed by atoms with E-state index in [0.29, 0.717) is 18.2 Å². The van der Waals surface area contributed by atoms with Gasteiger partial charge >= 0.3 is 29.6 Å². The van der Waals surface area contributed by atoms with Gasteiger partial charge in [0.1, 0.15) is 5.69 Å². The molecule has 0 spiro atoms. The quantitative estimate of drug-likeness (QED) is 0.592. The second kappa shape index (κ2) is 9.17. The first kappa shape index (κ1) is 20.4. The number of aromatic nitrogens is 2. The number of carboxylic acid groups (broad SMARTS) is 1. The topological polar surface area (TPSA) is 58.0 Å². The van der Waals surface area contributed by atoms with E-state index in [4.69, 9.17) is 5.10 Å². The largest absolute Gasteiger partial charge is 1.00 e. The van der Waals surface area contributed by atoms with Crippen molar-refractivity contribution in [2.24, 2.45) is 5.92 Å². The first-order chi connectivity index (χ1) is 12.1. The monoisotopic (exact) mass is 356 g/mol. The second-order valence-electron chi connectivity index (χ2n) is 6.53. The summed E-state index contributed by atoms with van der Waals surface area (Å²) in [6, 6.07) is 19.7. The molecule has 0 fully saturated rings. The van der Waals surface area contributed by atoms with E-state index < -0.39 is 5.97 Å². The van der Waals surface area contributed by atoms with Gasteiger partial charge < -0.3 is 9.90 Å². The van der Waals surface area contributed by atoms with Crippen molar-refractivity contribution in [3.8, 4) is 22.4 Å². The average molecular weight is 356 g/mol. The van der Waals surface area contributed by atoms with Crippen LogP contribution in [-0.2, 0) is 17.8 Å². The van der Waals surface area contributed by atoms with Crippen molar-refractivity contribution in [2.75, 3.05) is 0 Å². The Balaban J connectivity index is 0.00000243. The summed E-state index contributed by atoms with van der Waals surface area (Å²) < 4.78 is 1.82. The molecular formula is C21H21N2NaO2. The van der Waals surface area contributed by atoms with Crippen LogP contribution in [0.2, 0.25) is 0 Å². The molecular weight excluding hydrogens is 335 g/mol. The summed E-state index contributed by atoms with van der Waals surface area (Å²) in [7, 11) is 0. The van der Waals surface area contributed by atoms with Crippen molar-refractivity contribution in [1.82, 2.24) is 9.78 Å². The smallest absolute Gasteiger partial charge is 0.550 e. The number of aliphatic carboxylic acids is 1.